The third-order valence-corrected chi connectivity index (χ3v) is 7.18. The summed E-state index contributed by atoms with van der Waals surface area (Å²) in [5, 5.41) is 9.48. The van der Waals surface area contributed by atoms with Crippen molar-refractivity contribution >= 4 is 17.0 Å². The molecule has 2 heterocycles. The molecule has 0 atom stereocenters. The molecule has 5 aromatic rings. The van der Waals surface area contributed by atoms with Gasteiger partial charge in [0.15, 0.2) is 0 Å². The van der Waals surface area contributed by atoms with Gasteiger partial charge in [-0.25, -0.2) is 9.78 Å². The molecule has 6 rings (SSSR count). The van der Waals surface area contributed by atoms with E-state index in [4.69, 9.17) is 14.5 Å². The van der Waals surface area contributed by atoms with Gasteiger partial charge in [0, 0.05) is 30.1 Å². The van der Waals surface area contributed by atoms with E-state index in [9.17, 15) is 9.90 Å². The number of aromatic nitrogens is 3. The smallest absolute Gasteiger partial charge is 0.335 e. The minimum absolute atomic E-state index is 0.248. The number of carboxylic acid groups (broad SMARTS) is 1. The van der Waals surface area contributed by atoms with Crippen molar-refractivity contribution in [3.63, 3.8) is 0 Å². The molecule has 0 spiro atoms. The van der Waals surface area contributed by atoms with Crippen LogP contribution in [0.3, 0.4) is 0 Å². The van der Waals surface area contributed by atoms with Crippen LogP contribution in [0.2, 0.25) is 0 Å². The summed E-state index contributed by atoms with van der Waals surface area (Å²) in [7, 11) is 0. The first-order chi connectivity index (χ1) is 19.1. The second-order valence-electron chi connectivity index (χ2n) is 9.85. The maximum absolute atomic E-state index is 11.6. The van der Waals surface area contributed by atoms with Gasteiger partial charge in [0.1, 0.15) is 29.7 Å². The largest absolute Gasteiger partial charge is 0.489 e. The normalized spacial score (nSPS) is 13.8. The Hall–Kier alpha value is -4.65. The molecule has 0 unspecified atom stereocenters. The molecule has 0 saturated heterocycles. The van der Waals surface area contributed by atoms with E-state index >= 15 is 0 Å². The van der Waals surface area contributed by atoms with E-state index in [1.54, 1.807) is 24.5 Å². The Bertz CT molecular complexity index is 1590. The molecule has 0 amide bonds. The van der Waals surface area contributed by atoms with Crippen LogP contribution in [0.25, 0.3) is 22.4 Å². The van der Waals surface area contributed by atoms with Gasteiger partial charge in [-0.1, -0.05) is 25.3 Å². The van der Waals surface area contributed by atoms with Gasteiger partial charge >= 0.3 is 5.97 Å². The summed E-state index contributed by atoms with van der Waals surface area (Å²) in [6.07, 6.45) is 9.33. The molecule has 39 heavy (non-hydrogen) atoms. The number of pyridine rings is 1. The van der Waals surface area contributed by atoms with E-state index in [1.807, 2.05) is 66.7 Å². The number of rotatable bonds is 8. The second kappa shape index (κ2) is 11.0. The molecule has 1 N–H and O–H groups in total. The molecule has 1 saturated carbocycles. The van der Waals surface area contributed by atoms with Crippen LogP contribution in [0.4, 0.5) is 0 Å². The van der Waals surface area contributed by atoms with E-state index in [0.717, 1.165) is 41.1 Å². The summed E-state index contributed by atoms with van der Waals surface area (Å²) < 4.78 is 14.3. The fourth-order valence-corrected chi connectivity index (χ4v) is 5.23. The molecule has 1 fully saturated rings. The zero-order valence-electron chi connectivity index (χ0n) is 21.5. The van der Waals surface area contributed by atoms with Crippen LogP contribution in [-0.4, -0.2) is 25.6 Å². The molecule has 0 bridgehead atoms. The first-order valence-electron chi connectivity index (χ1n) is 13.3. The van der Waals surface area contributed by atoms with E-state index < -0.39 is 5.97 Å². The van der Waals surface area contributed by atoms with Crippen LogP contribution in [0.5, 0.6) is 17.2 Å². The average Bonchev–Trinajstić information content (AvgIpc) is 3.36. The van der Waals surface area contributed by atoms with Crippen molar-refractivity contribution in [1.82, 2.24) is 14.5 Å². The Morgan fingerprint density at radius 3 is 2.41 bits per heavy atom. The number of nitrogens with zero attached hydrogens (tertiary/aromatic N) is 3. The number of hydrogen-bond acceptors (Lipinski definition) is 5. The minimum Gasteiger partial charge on any atom is -0.489 e. The third kappa shape index (κ3) is 5.48. The summed E-state index contributed by atoms with van der Waals surface area (Å²) in [5.74, 6) is 2.03. The molecular weight excluding hydrogens is 490 g/mol. The van der Waals surface area contributed by atoms with Gasteiger partial charge < -0.3 is 19.1 Å². The molecular formula is C32H29N3O4. The van der Waals surface area contributed by atoms with Crippen molar-refractivity contribution in [2.24, 2.45) is 0 Å². The lowest BCUT2D eigenvalue weighted by molar-refractivity contribution is 0.0697. The Kier molecular flexibility index (Phi) is 6.95. The molecule has 7 nitrogen and oxygen atoms in total. The number of ether oxygens (including phenoxy) is 2. The molecule has 0 aliphatic heterocycles. The average molecular weight is 520 g/mol. The summed E-state index contributed by atoms with van der Waals surface area (Å²) in [6.45, 7) is 0.455. The van der Waals surface area contributed by atoms with Gasteiger partial charge in [0.25, 0.3) is 0 Å². The second-order valence-corrected chi connectivity index (χ2v) is 9.85. The first kappa shape index (κ1) is 24.7. The molecule has 0 radical (unpaired) electrons. The van der Waals surface area contributed by atoms with Crippen LogP contribution in [0.1, 0.15) is 54.1 Å². The SMILES string of the molecule is O=C(O)c1ccc2c(c1)nc(-c1ccc(Oc3cccc(OCc4ccncc4)c3)cc1)n2C1CCCCC1. The Balaban J connectivity index is 1.24. The Labute approximate surface area is 226 Å². The van der Waals surface area contributed by atoms with E-state index in [2.05, 4.69) is 9.55 Å². The molecule has 3 aromatic carbocycles. The highest BCUT2D eigenvalue weighted by atomic mass is 16.5. The number of carbonyl (C=O) groups is 1. The molecule has 196 valence electrons. The topological polar surface area (TPSA) is 86.5 Å². The van der Waals surface area contributed by atoms with Gasteiger partial charge in [-0.2, -0.15) is 0 Å². The fraction of sp³-hybridized carbons (Fsp3) is 0.219. The van der Waals surface area contributed by atoms with Crippen LogP contribution in [0, 0.1) is 0 Å². The molecule has 1 aliphatic carbocycles. The number of imidazole rings is 1. The van der Waals surface area contributed by atoms with Crippen molar-refractivity contribution in [2.45, 2.75) is 44.8 Å². The number of aromatic carboxylic acids is 1. The summed E-state index contributed by atoms with van der Waals surface area (Å²) >= 11 is 0. The summed E-state index contributed by atoms with van der Waals surface area (Å²) in [6, 6.07) is 24.9. The standard InChI is InChI=1S/C32H29N3O4/c36-32(37)24-11-14-30-29(19-24)34-31(35(30)25-5-2-1-3-6-25)23-9-12-26(13-10-23)39-28-8-4-7-27(20-28)38-21-22-15-17-33-18-16-22/h4,7-20,25H,1-3,5-6,21H2,(H,36,37). The molecule has 1 aliphatic rings. The van der Waals surface area contributed by atoms with E-state index in [-0.39, 0.29) is 5.56 Å². The predicted molar refractivity (Wildman–Crippen MR) is 149 cm³/mol. The number of benzene rings is 3. The van der Waals surface area contributed by atoms with Crippen molar-refractivity contribution in [2.75, 3.05) is 0 Å². The highest BCUT2D eigenvalue weighted by molar-refractivity contribution is 5.93. The maximum atomic E-state index is 11.6. The quantitative estimate of drug-likeness (QED) is 0.226. The highest BCUT2D eigenvalue weighted by Gasteiger charge is 2.23. The zero-order chi connectivity index (χ0) is 26.6. The molecule has 2 aromatic heterocycles. The lowest BCUT2D eigenvalue weighted by Gasteiger charge is -2.25. The number of hydrogen-bond donors (Lipinski definition) is 1. The lowest BCUT2D eigenvalue weighted by atomic mass is 9.95. The van der Waals surface area contributed by atoms with Crippen LogP contribution >= 0.6 is 0 Å². The van der Waals surface area contributed by atoms with Crippen LogP contribution < -0.4 is 9.47 Å². The number of carboxylic acids is 1. The van der Waals surface area contributed by atoms with E-state index in [1.165, 1.54) is 19.3 Å². The van der Waals surface area contributed by atoms with E-state index in [0.29, 0.717) is 29.7 Å². The Morgan fingerprint density at radius 2 is 1.64 bits per heavy atom. The van der Waals surface area contributed by atoms with Crippen LogP contribution in [0.15, 0.2) is 91.3 Å². The molecule has 7 heteroatoms. The summed E-state index contributed by atoms with van der Waals surface area (Å²) in [5.41, 5.74) is 3.95. The van der Waals surface area contributed by atoms with Gasteiger partial charge in [-0.15, -0.1) is 0 Å². The minimum atomic E-state index is -0.945. The highest BCUT2D eigenvalue weighted by Crippen LogP contribution is 2.37. The van der Waals surface area contributed by atoms with Gasteiger partial charge in [0.2, 0.25) is 0 Å². The predicted octanol–water partition coefficient (Wildman–Crippen LogP) is 7.67. The summed E-state index contributed by atoms with van der Waals surface area (Å²) in [4.78, 5) is 20.5. The lowest BCUT2D eigenvalue weighted by Crippen LogP contribution is -2.14. The monoisotopic (exact) mass is 519 g/mol. The van der Waals surface area contributed by atoms with Crippen molar-refractivity contribution in [3.8, 4) is 28.6 Å². The van der Waals surface area contributed by atoms with Crippen LogP contribution in [-0.2, 0) is 6.61 Å². The van der Waals surface area contributed by atoms with Crippen molar-refractivity contribution in [3.05, 3.63) is 102 Å². The first-order valence-corrected chi connectivity index (χ1v) is 13.3. The maximum Gasteiger partial charge on any atom is 0.335 e. The number of fused-ring (bicyclic) bond motifs is 1. The van der Waals surface area contributed by atoms with Gasteiger partial charge in [-0.05, 0) is 85.1 Å². The Morgan fingerprint density at radius 1 is 0.872 bits per heavy atom. The third-order valence-electron chi connectivity index (χ3n) is 7.18. The fourth-order valence-electron chi connectivity index (χ4n) is 5.23. The zero-order valence-corrected chi connectivity index (χ0v) is 21.5. The van der Waals surface area contributed by atoms with Gasteiger partial charge in [0.05, 0.1) is 16.6 Å². The van der Waals surface area contributed by atoms with Crippen molar-refractivity contribution in [1.29, 1.82) is 0 Å². The van der Waals surface area contributed by atoms with Crippen molar-refractivity contribution < 1.29 is 19.4 Å². The van der Waals surface area contributed by atoms with Gasteiger partial charge in [-0.3, -0.25) is 4.98 Å².